The molecule has 0 radical (unpaired) electrons. The van der Waals surface area contributed by atoms with E-state index in [0.29, 0.717) is 35.6 Å². The smallest absolute Gasteiger partial charge is 0.295 e. The van der Waals surface area contributed by atoms with Gasteiger partial charge in [0.15, 0.2) is 0 Å². The molecule has 1 N–H and O–H groups in total. The molecule has 1 unspecified atom stereocenters. The van der Waals surface area contributed by atoms with E-state index in [1.54, 1.807) is 43.5 Å². The van der Waals surface area contributed by atoms with Crippen LogP contribution < -0.4 is 9.47 Å². The highest BCUT2D eigenvalue weighted by atomic mass is 16.5. The molecule has 0 saturated carbocycles. The van der Waals surface area contributed by atoms with Crippen molar-refractivity contribution in [3.05, 3.63) is 101 Å². The predicted molar refractivity (Wildman–Crippen MR) is 125 cm³/mol. The van der Waals surface area contributed by atoms with E-state index in [1.807, 2.05) is 42.5 Å². The topological polar surface area (TPSA) is 76.1 Å². The number of carbonyl (C=O) groups excluding carboxylic acids is 2. The Bertz CT molecular complexity index is 1180. The number of hydrogen-bond acceptors (Lipinski definition) is 5. The van der Waals surface area contributed by atoms with Crippen LogP contribution >= 0.6 is 0 Å². The Morgan fingerprint density at radius 1 is 0.879 bits per heavy atom. The van der Waals surface area contributed by atoms with Crippen molar-refractivity contribution in [3.8, 4) is 11.5 Å². The fraction of sp³-hybridized carbons (Fsp3) is 0.185. The van der Waals surface area contributed by atoms with Gasteiger partial charge in [-0.2, -0.15) is 0 Å². The van der Waals surface area contributed by atoms with Gasteiger partial charge in [-0.05, 0) is 41.8 Å². The van der Waals surface area contributed by atoms with Crippen molar-refractivity contribution in [3.63, 3.8) is 0 Å². The summed E-state index contributed by atoms with van der Waals surface area (Å²) in [6, 6.07) is 23.0. The van der Waals surface area contributed by atoms with Crippen LogP contribution in [0, 0.1) is 0 Å². The van der Waals surface area contributed by atoms with Crippen molar-refractivity contribution in [2.24, 2.45) is 0 Å². The number of rotatable bonds is 7. The number of benzene rings is 3. The number of likely N-dealkylation sites (tertiary alicyclic amines) is 1. The number of ketones is 1. The van der Waals surface area contributed by atoms with Gasteiger partial charge in [0.05, 0.1) is 25.8 Å². The zero-order valence-electron chi connectivity index (χ0n) is 18.5. The average Bonchev–Trinajstić information content (AvgIpc) is 3.12. The molecule has 3 aromatic rings. The average molecular weight is 443 g/mol. The Balaban J connectivity index is 1.79. The van der Waals surface area contributed by atoms with Gasteiger partial charge in [-0.1, -0.05) is 54.6 Å². The number of aliphatic hydroxyl groups is 1. The quantitative estimate of drug-likeness (QED) is 0.333. The molecule has 4 rings (SSSR count). The fourth-order valence-corrected chi connectivity index (χ4v) is 4.06. The Kier molecular flexibility index (Phi) is 6.45. The first-order valence-corrected chi connectivity index (χ1v) is 10.6. The molecule has 0 spiro atoms. The normalized spacial score (nSPS) is 17.3. The van der Waals surface area contributed by atoms with Gasteiger partial charge in [-0.25, -0.2) is 0 Å². The van der Waals surface area contributed by atoms with E-state index in [4.69, 9.17) is 9.47 Å². The molecule has 3 aromatic carbocycles. The van der Waals surface area contributed by atoms with Crippen molar-refractivity contribution in [1.29, 1.82) is 0 Å². The number of methoxy groups -OCH3 is 2. The summed E-state index contributed by atoms with van der Waals surface area (Å²) < 4.78 is 10.5. The Morgan fingerprint density at radius 3 is 2.24 bits per heavy atom. The van der Waals surface area contributed by atoms with Gasteiger partial charge in [0.2, 0.25) is 0 Å². The van der Waals surface area contributed by atoms with Gasteiger partial charge in [0.25, 0.3) is 11.7 Å². The number of hydrogen-bond donors (Lipinski definition) is 1. The summed E-state index contributed by atoms with van der Waals surface area (Å²) in [5, 5.41) is 11.2. The molecular formula is C27H25NO5. The molecule has 1 aliphatic rings. The first kappa shape index (κ1) is 22.1. The van der Waals surface area contributed by atoms with Gasteiger partial charge in [0, 0.05) is 12.1 Å². The maximum Gasteiger partial charge on any atom is 0.295 e. The second-order valence-corrected chi connectivity index (χ2v) is 7.73. The molecule has 0 bridgehead atoms. The zero-order valence-corrected chi connectivity index (χ0v) is 18.5. The zero-order chi connectivity index (χ0) is 23.4. The van der Waals surface area contributed by atoms with E-state index >= 15 is 0 Å². The molecule has 0 aromatic heterocycles. The summed E-state index contributed by atoms with van der Waals surface area (Å²) in [6.45, 7) is 0.334. The Labute approximate surface area is 192 Å². The Hall–Kier alpha value is -4.06. The third kappa shape index (κ3) is 4.46. The lowest BCUT2D eigenvalue weighted by Gasteiger charge is -2.25. The lowest BCUT2D eigenvalue weighted by molar-refractivity contribution is -0.139. The Morgan fingerprint density at radius 2 is 1.58 bits per heavy atom. The van der Waals surface area contributed by atoms with Crippen LogP contribution in [0.2, 0.25) is 0 Å². The summed E-state index contributed by atoms with van der Waals surface area (Å²) in [4.78, 5) is 27.8. The monoisotopic (exact) mass is 443 g/mol. The third-order valence-corrected chi connectivity index (χ3v) is 5.80. The molecule has 6 heteroatoms. The lowest BCUT2D eigenvalue weighted by Crippen LogP contribution is -2.31. The van der Waals surface area contributed by atoms with Crippen LogP contribution in [0.3, 0.4) is 0 Å². The van der Waals surface area contributed by atoms with Gasteiger partial charge >= 0.3 is 0 Å². The number of carbonyl (C=O) groups is 2. The van der Waals surface area contributed by atoms with E-state index in [0.717, 1.165) is 5.56 Å². The molecule has 1 fully saturated rings. The van der Waals surface area contributed by atoms with Crippen LogP contribution in [0.1, 0.15) is 22.7 Å². The first-order valence-electron chi connectivity index (χ1n) is 10.6. The molecule has 0 aliphatic carbocycles. The van der Waals surface area contributed by atoms with Crippen LogP contribution in [-0.2, 0) is 16.0 Å². The van der Waals surface area contributed by atoms with Crippen molar-refractivity contribution in [2.45, 2.75) is 12.5 Å². The summed E-state index contributed by atoms with van der Waals surface area (Å²) in [5.74, 6) is -0.359. The minimum atomic E-state index is -0.717. The second-order valence-electron chi connectivity index (χ2n) is 7.73. The molecule has 1 atom stereocenters. The maximum absolute atomic E-state index is 13.1. The minimum Gasteiger partial charge on any atom is -0.507 e. The first-order chi connectivity index (χ1) is 16.0. The van der Waals surface area contributed by atoms with Crippen LogP contribution in [0.5, 0.6) is 11.5 Å². The number of nitrogens with zero attached hydrogens (tertiary/aromatic N) is 1. The summed E-state index contributed by atoms with van der Waals surface area (Å²) in [5.41, 5.74) is 2.24. The molecule has 168 valence electrons. The molecule has 6 nitrogen and oxygen atoms in total. The highest BCUT2D eigenvalue weighted by Crippen LogP contribution is 2.40. The van der Waals surface area contributed by atoms with E-state index in [-0.39, 0.29) is 11.3 Å². The second kappa shape index (κ2) is 9.61. The van der Waals surface area contributed by atoms with E-state index in [2.05, 4.69) is 0 Å². The van der Waals surface area contributed by atoms with E-state index < -0.39 is 17.7 Å². The molecule has 1 saturated heterocycles. The number of ether oxygens (including phenoxy) is 2. The highest BCUT2D eigenvalue weighted by molar-refractivity contribution is 6.46. The molecule has 1 aliphatic heterocycles. The van der Waals surface area contributed by atoms with Crippen molar-refractivity contribution in [1.82, 2.24) is 4.90 Å². The number of amides is 1. The molecule has 1 heterocycles. The highest BCUT2D eigenvalue weighted by Gasteiger charge is 2.45. The summed E-state index contributed by atoms with van der Waals surface area (Å²) in [7, 11) is 3.10. The van der Waals surface area contributed by atoms with Gasteiger partial charge < -0.3 is 19.5 Å². The molecule has 1 amide bonds. The van der Waals surface area contributed by atoms with Crippen LogP contribution in [0.15, 0.2) is 84.4 Å². The van der Waals surface area contributed by atoms with Crippen molar-refractivity contribution >= 4 is 17.4 Å². The minimum absolute atomic E-state index is 0.0616. The largest absolute Gasteiger partial charge is 0.507 e. The molecular weight excluding hydrogens is 418 g/mol. The van der Waals surface area contributed by atoms with Gasteiger partial charge in [-0.15, -0.1) is 0 Å². The van der Waals surface area contributed by atoms with E-state index in [9.17, 15) is 14.7 Å². The van der Waals surface area contributed by atoms with E-state index in [1.165, 1.54) is 12.0 Å². The van der Waals surface area contributed by atoms with Crippen LogP contribution in [0.25, 0.3) is 5.76 Å². The van der Waals surface area contributed by atoms with Crippen LogP contribution in [0.4, 0.5) is 0 Å². The van der Waals surface area contributed by atoms with Crippen LogP contribution in [-0.4, -0.2) is 42.5 Å². The summed E-state index contributed by atoms with van der Waals surface area (Å²) in [6.07, 6.45) is 0.583. The SMILES string of the molecule is COc1ccc(C2/C(=C(\O)c3cccc(OC)c3)C(=O)C(=O)N2CCc2ccccc2)cc1. The number of Topliss-reactive ketones (excluding diaryl/α,β-unsaturated/α-hetero) is 1. The summed E-state index contributed by atoms with van der Waals surface area (Å²) >= 11 is 0. The predicted octanol–water partition coefficient (Wildman–Crippen LogP) is 4.37. The van der Waals surface area contributed by atoms with Crippen molar-refractivity contribution < 1.29 is 24.2 Å². The fourth-order valence-electron chi connectivity index (χ4n) is 4.06. The maximum atomic E-state index is 13.1. The van der Waals surface area contributed by atoms with Gasteiger partial charge in [-0.3, -0.25) is 9.59 Å². The van der Waals surface area contributed by atoms with Crippen molar-refractivity contribution in [2.75, 3.05) is 20.8 Å². The van der Waals surface area contributed by atoms with Gasteiger partial charge in [0.1, 0.15) is 17.3 Å². The molecule has 33 heavy (non-hydrogen) atoms. The number of aliphatic hydroxyl groups excluding tert-OH is 1. The standard InChI is InChI=1S/C27H25NO5/c1-32-21-13-11-19(12-14-21)24-23(25(29)20-9-6-10-22(17-20)33-2)26(30)27(31)28(24)16-15-18-7-4-3-5-8-18/h3-14,17,24,29H,15-16H2,1-2H3/b25-23+. The lowest BCUT2D eigenvalue weighted by atomic mass is 9.95. The third-order valence-electron chi connectivity index (χ3n) is 5.80.